The fraction of sp³-hybridized carbons (Fsp3) is 0.632. The van der Waals surface area contributed by atoms with Gasteiger partial charge in [-0.2, -0.15) is 0 Å². The molecule has 1 aliphatic heterocycles. The summed E-state index contributed by atoms with van der Waals surface area (Å²) in [6, 6.07) is 6.67. The molecule has 0 aliphatic carbocycles. The Morgan fingerprint density at radius 3 is 2.41 bits per heavy atom. The van der Waals surface area contributed by atoms with Gasteiger partial charge in [-0.15, -0.1) is 0 Å². The number of benzene rings is 1. The van der Waals surface area contributed by atoms with E-state index in [2.05, 4.69) is 10.0 Å². The molecule has 0 unspecified atom stereocenters. The first-order valence-corrected chi connectivity index (χ1v) is 11.1. The van der Waals surface area contributed by atoms with Gasteiger partial charge in [0, 0.05) is 18.8 Å². The van der Waals surface area contributed by atoms with E-state index in [-0.39, 0.29) is 12.0 Å². The maximum atomic E-state index is 12.4. The molecule has 0 bridgehead atoms. The summed E-state index contributed by atoms with van der Waals surface area (Å²) >= 11 is 0. The molecular formula is C19H31N3O4S. The average Bonchev–Trinajstić information content (AvgIpc) is 2.61. The summed E-state index contributed by atoms with van der Waals surface area (Å²) in [6.45, 7) is 6.07. The fourth-order valence-electron chi connectivity index (χ4n) is 3.16. The van der Waals surface area contributed by atoms with E-state index in [0.29, 0.717) is 30.4 Å². The number of rotatable bonds is 9. The smallest absolute Gasteiger partial charge is 0.241 e. The first-order valence-electron chi connectivity index (χ1n) is 9.48. The van der Waals surface area contributed by atoms with Crippen LogP contribution in [-0.4, -0.2) is 57.8 Å². The Morgan fingerprint density at radius 2 is 1.85 bits per heavy atom. The van der Waals surface area contributed by atoms with Crippen LogP contribution in [0.3, 0.4) is 0 Å². The predicted molar refractivity (Wildman–Crippen MR) is 107 cm³/mol. The summed E-state index contributed by atoms with van der Waals surface area (Å²) in [6.07, 6.45) is 3.00. The lowest BCUT2D eigenvalue weighted by Crippen LogP contribution is -2.42. The summed E-state index contributed by atoms with van der Waals surface area (Å²) in [4.78, 5) is 14.0. The lowest BCUT2D eigenvalue weighted by Gasteiger charge is -2.32. The van der Waals surface area contributed by atoms with Crippen molar-refractivity contribution in [3.8, 4) is 5.75 Å². The number of hydrogen-bond donors (Lipinski definition) is 2. The average molecular weight is 398 g/mol. The zero-order chi connectivity index (χ0) is 19.9. The monoisotopic (exact) mass is 397 g/mol. The van der Waals surface area contributed by atoms with Crippen LogP contribution in [0.15, 0.2) is 24.3 Å². The highest BCUT2D eigenvalue weighted by molar-refractivity contribution is 7.93. The molecule has 0 spiro atoms. The summed E-state index contributed by atoms with van der Waals surface area (Å²) in [5, 5.41) is 3.14. The molecule has 1 fully saturated rings. The summed E-state index contributed by atoms with van der Waals surface area (Å²) in [7, 11) is -1.81. The van der Waals surface area contributed by atoms with Crippen LogP contribution in [0.4, 0.5) is 5.69 Å². The lowest BCUT2D eigenvalue weighted by atomic mass is 9.93. The normalized spacial score (nSPS) is 15.8. The van der Waals surface area contributed by atoms with Gasteiger partial charge in [-0.3, -0.25) is 9.52 Å². The Labute approximate surface area is 162 Å². The molecule has 1 aromatic rings. The number of nitrogens with zero attached hydrogens (tertiary/aromatic N) is 1. The molecule has 1 saturated heterocycles. The number of sulfonamides is 1. The maximum Gasteiger partial charge on any atom is 0.241 e. The Kier molecular flexibility index (Phi) is 7.91. The minimum Gasteiger partial charge on any atom is -0.491 e. The summed E-state index contributed by atoms with van der Waals surface area (Å²) < 4.78 is 32.6. The molecule has 1 aromatic carbocycles. The van der Waals surface area contributed by atoms with Crippen molar-refractivity contribution in [3.63, 3.8) is 0 Å². The van der Waals surface area contributed by atoms with Crippen molar-refractivity contribution in [2.75, 3.05) is 37.2 Å². The highest BCUT2D eigenvalue weighted by Gasteiger charge is 2.26. The van der Waals surface area contributed by atoms with Crippen molar-refractivity contribution >= 4 is 21.6 Å². The van der Waals surface area contributed by atoms with Crippen molar-refractivity contribution < 1.29 is 17.9 Å². The van der Waals surface area contributed by atoms with E-state index in [1.54, 1.807) is 29.2 Å². The van der Waals surface area contributed by atoms with Gasteiger partial charge in [-0.1, -0.05) is 0 Å². The second kappa shape index (κ2) is 9.94. The van der Waals surface area contributed by atoms with Crippen LogP contribution in [-0.2, 0) is 14.8 Å². The van der Waals surface area contributed by atoms with Gasteiger partial charge < -0.3 is 15.0 Å². The van der Waals surface area contributed by atoms with Gasteiger partial charge in [0.25, 0.3) is 0 Å². The Morgan fingerprint density at radius 1 is 1.22 bits per heavy atom. The SMILES string of the molecule is CNCCC1CCN(C(=O)CS(=O)(=O)Nc2ccc(OC(C)C)cc2)CC1. The van der Waals surface area contributed by atoms with Gasteiger partial charge >= 0.3 is 0 Å². The largest absolute Gasteiger partial charge is 0.491 e. The number of ether oxygens (including phenoxy) is 1. The van der Waals surface area contributed by atoms with Gasteiger partial charge in [0.05, 0.1) is 6.10 Å². The van der Waals surface area contributed by atoms with Crippen LogP contribution in [0.2, 0.25) is 0 Å². The molecule has 27 heavy (non-hydrogen) atoms. The number of carbonyl (C=O) groups excluding carboxylic acids is 1. The third kappa shape index (κ3) is 7.38. The second-order valence-corrected chi connectivity index (χ2v) is 8.99. The molecule has 152 valence electrons. The van der Waals surface area contributed by atoms with Crippen molar-refractivity contribution in [3.05, 3.63) is 24.3 Å². The minimum absolute atomic E-state index is 0.0486. The second-order valence-electron chi connectivity index (χ2n) is 7.27. The van der Waals surface area contributed by atoms with Crippen molar-refractivity contribution in [2.45, 2.75) is 39.2 Å². The number of anilines is 1. The molecule has 0 saturated carbocycles. The summed E-state index contributed by atoms with van der Waals surface area (Å²) in [5.74, 6) is 0.403. The Bertz CT molecular complexity index is 696. The molecule has 1 amide bonds. The molecular weight excluding hydrogens is 366 g/mol. The third-order valence-corrected chi connectivity index (χ3v) is 5.76. The third-order valence-electron chi connectivity index (χ3n) is 4.58. The topological polar surface area (TPSA) is 87.7 Å². The van der Waals surface area contributed by atoms with Crippen molar-refractivity contribution in [1.82, 2.24) is 10.2 Å². The molecule has 1 heterocycles. The Hall–Kier alpha value is -1.80. The number of carbonyl (C=O) groups is 1. The van der Waals surface area contributed by atoms with Crippen LogP contribution in [0.5, 0.6) is 5.75 Å². The zero-order valence-electron chi connectivity index (χ0n) is 16.4. The van der Waals surface area contributed by atoms with Gasteiger partial charge in [0.15, 0.2) is 0 Å². The van der Waals surface area contributed by atoms with Crippen LogP contribution in [0.1, 0.15) is 33.1 Å². The van der Waals surface area contributed by atoms with E-state index in [1.807, 2.05) is 20.9 Å². The molecule has 7 nitrogen and oxygen atoms in total. The molecule has 2 rings (SSSR count). The first-order chi connectivity index (χ1) is 12.8. The fourth-order valence-corrected chi connectivity index (χ4v) is 4.24. The molecule has 0 radical (unpaired) electrons. The molecule has 0 atom stereocenters. The maximum absolute atomic E-state index is 12.4. The zero-order valence-corrected chi connectivity index (χ0v) is 17.2. The molecule has 8 heteroatoms. The highest BCUT2D eigenvalue weighted by Crippen LogP contribution is 2.21. The van der Waals surface area contributed by atoms with Gasteiger partial charge in [0.1, 0.15) is 11.5 Å². The first kappa shape index (κ1) is 21.5. The van der Waals surface area contributed by atoms with Crippen LogP contribution >= 0.6 is 0 Å². The molecule has 1 aliphatic rings. The predicted octanol–water partition coefficient (Wildman–Crippen LogP) is 2.06. The van der Waals surface area contributed by atoms with Gasteiger partial charge in [-0.25, -0.2) is 8.42 Å². The van der Waals surface area contributed by atoms with E-state index in [0.717, 1.165) is 25.8 Å². The number of likely N-dealkylation sites (tertiary alicyclic amines) is 1. The van der Waals surface area contributed by atoms with E-state index in [9.17, 15) is 13.2 Å². The van der Waals surface area contributed by atoms with E-state index in [4.69, 9.17) is 4.74 Å². The number of amides is 1. The summed E-state index contributed by atoms with van der Waals surface area (Å²) in [5.41, 5.74) is 0.421. The van der Waals surface area contributed by atoms with Gasteiger partial charge in [0.2, 0.25) is 15.9 Å². The van der Waals surface area contributed by atoms with Crippen LogP contribution < -0.4 is 14.8 Å². The standard InChI is InChI=1S/C19H31N3O4S/c1-15(2)26-18-6-4-17(5-7-18)21-27(24,25)14-19(23)22-12-9-16(10-13-22)8-11-20-3/h4-7,15-16,20-21H,8-14H2,1-3H3. The molecule has 2 N–H and O–H groups in total. The van der Waals surface area contributed by atoms with Crippen LogP contribution in [0, 0.1) is 5.92 Å². The highest BCUT2D eigenvalue weighted by atomic mass is 32.2. The Balaban J connectivity index is 1.84. The lowest BCUT2D eigenvalue weighted by molar-refractivity contribution is -0.129. The van der Waals surface area contributed by atoms with E-state index in [1.165, 1.54) is 0 Å². The quantitative estimate of drug-likeness (QED) is 0.666. The minimum atomic E-state index is -3.74. The van der Waals surface area contributed by atoms with E-state index < -0.39 is 15.8 Å². The van der Waals surface area contributed by atoms with E-state index >= 15 is 0 Å². The molecule has 0 aromatic heterocycles. The van der Waals surface area contributed by atoms with Crippen LogP contribution in [0.25, 0.3) is 0 Å². The number of piperidine rings is 1. The van der Waals surface area contributed by atoms with Crippen molar-refractivity contribution in [1.29, 1.82) is 0 Å². The number of hydrogen-bond acceptors (Lipinski definition) is 5. The van der Waals surface area contributed by atoms with Gasteiger partial charge in [-0.05, 0) is 76.9 Å². The van der Waals surface area contributed by atoms with Crippen molar-refractivity contribution in [2.24, 2.45) is 5.92 Å². The number of nitrogens with one attached hydrogen (secondary N) is 2.